The van der Waals surface area contributed by atoms with Crippen molar-refractivity contribution in [1.29, 1.82) is 0 Å². The predicted molar refractivity (Wildman–Crippen MR) is 129 cm³/mol. The molecule has 1 fully saturated rings. The Kier molecular flexibility index (Phi) is 7.36. The Hall–Kier alpha value is -2.42. The number of nitrogens with one attached hydrogen (secondary N) is 1. The van der Waals surface area contributed by atoms with Gasteiger partial charge < -0.3 is 20.2 Å². The molecule has 9 heteroatoms. The Morgan fingerprint density at radius 2 is 1.94 bits per heavy atom. The van der Waals surface area contributed by atoms with E-state index in [0.717, 1.165) is 31.6 Å². The molecule has 4 rings (SSSR count). The van der Waals surface area contributed by atoms with Crippen LogP contribution >= 0.6 is 22.9 Å². The van der Waals surface area contributed by atoms with Gasteiger partial charge in [0, 0.05) is 31.7 Å². The Balaban J connectivity index is 1.54. The molecule has 0 spiro atoms. The van der Waals surface area contributed by atoms with Crippen LogP contribution in [0, 0.1) is 5.92 Å². The van der Waals surface area contributed by atoms with Crippen LogP contribution in [0.5, 0.6) is 0 Å². The normalized spacial score (nSPS) is 21.0. The molecule has 0 unspecified atom stereocenters. The first-order valence-corrected chi connectivity index (χ1v) is 12.4. The maximum absolute atomic E-state index is 13.4. The van der Waals surface area contributed by atoms with Crippen molar-refractivity contribution in [2.24, 2.45) is 5.92 Å². The molecule has 0 saturated carbocycles. The fourth-order valence-electron chi connectivity index (χ4n) is 4.63. The molecule has 0 aliphatic carbocycles. The zero-order chi connectivity index (χ0) is 23.5. The Bertz CT molecular complexity index is 1060. The molecule has 1 aromatic carbocycles. The predicted octanol–water partition coefficient (Wildman–Crippen LogP) is 3.45. The van der Waals surface area contributed by atoms with E-state index >= 15 is 0 Å². The fraction of sp³-hybridized carbons (Fsp3) is 0.458. The largest absolute Gasteiger partial charge is 0.481 e. The number of fused-ring (bicyclic) bond motifs is 1. The summed E-state index contributed by atoms with van der Waals surface area (Å²) in [6.45, 7) is 2.35. The highest BCUT2D eigenvalue weighted by atomic mass is 35.5. The molecule has 2 amide bonds. The molecule has 0 bridgehead atoms. The summed E-state index contributed by atoms with van der Waals surface area (Å²) >= 11 is 7.16. The number of rotatable bonds is 7. The Morgan fingerprint density at radius 3 is 2.64 bits per heavy atom. The summed E-state index contributed by atoms with van der Waals surface area (Å²) in [6, 6.07) is 9.13. The maximum atomic E-state index is 13.4. The summed E-state index contributed by atoms with van der Waals surface area (Å²) in [5.41, 5.74) is 3.41. The van der Waals surface area contributed by atoms with Crippen LogP contribution in [0.3, 0.4) is 0 Å². The van der Waals surface area contributed by atoms with Crippen molar-refractivity contribution < 1.29 is 19.5 Å². The van der Waals surface area contributed by atoms with Crippen molar-refractivity contribution in [1.82, 2.24) is 10.2 Å². The number of thiophene rings is 1. The molecule has 2 aliphatic heterocycles. The van der Waals surface area contributed by atoms with Gasteiger partial charge >= 0.3 is 5.97 Å². The maximum Gasteiger partial charge on any atom is 0.303 e. The fourth-order valence-corrected chi connectivity index (χ4v) is 5.58. The second-order valence-electron chi connectivity index (χ2n) is 8.78. The van der Waals surface area contributed by atoms with Gasteiger partial charge in [0.05, 0.1) is 21.2 Å². The zero-order valence-corrected chi connectivity index (χ0v) is 20.1. The summed E-state index contributed by atoms with van der Waals surface area (Å²) in [6.07, 6.45) is 2.71. The third-order valence-corrected chi connectivity index (χ3v) is 7.72. The highest BCUT2D eigenvalue weighted by molar-refractivity contribution is 7.18. The van der Waals surface area contributed by atoms with E-state index in [2.05, 4.69) is 29.4 Å². The lowest BCUT2D eigenvalue weighted by atomic mass is 9.96. The van der Waals surface area contributed by atoms with Crippen LogP contribution in [-0.4, -0.2) is 60.5 Å². The minimum atomic E-state index is -0.887. The third-order valence-electron chi connectivity index (χ3n) is 6.49. The van der Waals surface area contributed by atoms with Gasteiger partial charge in [0.1, 0.15) is 0 Å². The summed E-state index contributed by atoms with van der Waals surface area (Å²) in [5.74, 6) is -1.68. The van der Waals surface area contributed by atoms with Crippen LogP contribution in [-0.2, 0) is 22.4 Å². The summed E-state index contributed by atoms with van der Waals surface area (Å²) in [7, 11) is 2.12. The van der Waals surface area contributed by atoms with Crippen LogP contribution < -0.4 is 10.2 Å². The van der Waals surface area contributed by atoms with Gasteiger partial charge in [-0.15, -0.1) is 11.3 Å². The van der Waals surface area contributed by atoms with Crippen molar-refractivity contribution in [2.45, 2.75) is 38.1 Å². The first kappa shape index (κ1) is 23.7. The molecule has 1 aromatic heterocycles. The minimum Gasteiger partial charge on any atom is -0.481 e. The number of nitrogens with zero attached hydrogens (tertiary/aromatic N) is 2. The van der Waals surface area contributed by atoms with Crippen molar-refractivity contribution >= 4 is 46.4 Å². The van der Waals surface area contributed by atoms with Crippen molar-refractivity contribution in [2.75, 3.05) is 31.6 Å². The molecular weight excluding hydrogens is 462 g/mol. The number of carboxylic acid groups (broad SMARTS) is 1. The van der Waals surface area contributed by atoms with Crippen LogP contribution in [0.25, 0.3) is 0 Å². The van der Waals surface area contributed by atoms with E-state index < -0.39 is 17.9 Å². The number of amides is 2. The van der Waals surface area contributed by atoms with E-state index in [1.54, 1.807) is 17.0 Å². The summed E-state index contributed by atoms with van der Waals surface area (Å²) in [5, 5.41) is 12.0. The standard InChI is InChI=1S/C24H28ClN3O4S/c1-27-11-9-15-5-6-17(13-16(15)10-12-27)28-14-19(18(24(28)32)3-2-4-22(29)30)26-23(31)20-7-8-21(25)33-20/h5-8,13,18-19H,2-4,9-12,14H2,1H3,(H,26,31)(H,29,30)/t18-,19+/m1/s1. The number of benzene rings is 1. The SMILES string of the molecule is CN1CCc2ccc(N3C[C@H](NC(=O)c4ccc(Cl)s4)[C@@H](CCCC(=O)O)C3=O)cc2CC1. The first-order valence-electron chi connectivity index (χ1n) is 11.2. The smallest absolute Gasteiger partial charge is 0.303 e. The molecular formula is C24H28ClN3O4S. The molecule has 0 radical (unpaired) electrons. The molecule has 3 heterocycles. The third kappa shape index (κ3) is 5.57. The highest BCUT2D eigenvalue weighted by Gasteiger charge is 2.41. The van der Waals surface area contributed by atoms with E-state index in [4.69, 9.17) is 16.7 Å². The molecule has 176 valence electrons. The lowest BCUT2D eigenvalue weighted by Gasteiger charge is -2.19. The monoisotopic (exact) mass is 489 g/mol. The van der Waals surface area contributed by atoms with Gasteiger partial charge in [-0.1, -0.05) is 17.7 Å². The number of carboxylic acids is 1. The molecule has 33 heavy (non-hydrogen) atoms. The van der Waals surface area contributed by atoms with Crippen LogP contribution in [0.1, 0.15) is 40.1 Å². The van der Waals surface area contributed by atoms with Crippen molar-refractivity contribution in [3.63, 3.8) is 0 Å². The molecule has 7 nitrogen and oxygen atoms in total. The molecule has 2 aliphatic rings. The number of hydrogen-bond donors (Lipinski definition) is 2. The lowest BCUT2D eigenvalue weighted by molar-refractivity contribution is -0.137. The topological polar surface area (TPSA) is 89.9 Å². The van der Waals surface area contributed by atoms with Gasteiger partial charge in [-0.05, 0) is 68.1 Å². The highest BCUT2D eigenvalue weighted by Crippen LogP contribution is 2.32. The van der Waals surface area contributed by atoms with Gasteiger partial charge in [0.2, 0.25) is 5.91 Å². The Morgan fingerprint density at radius 1 is 1.18 bits per heavy atom. The summed E-state index contributed by atoms with van der Waals surface area (Å²) in [4.78, 5) is 41.7. The number of aliphatic carboxylic acids is 1. The van der Waals surface area contributed by atoms with Crippen LogP contribution in [0.15, 0.2) is 30.3 Å². The van der Waals surface area contributed by atoms with Gasteiger partial charge in [-0.2, -0.15) is 0 Å². The van der Waals surface area contributed by atoms with Crippen LogP contribution in [0.4, 0.5) is 5.69 Å². The number of carbonyl (C=O) groups excluding carboxylic acids is 2. The van der Waals surface area contributed by atoms with Crippen molar-refractivity contribution in [3.05, 3.63) is 50.7 Å². The second-order valence-corrected chi connectivity index (χ2v) is 10.5. The first-order chi connectivity index (χ1) is 15.8. The molecule has 2 aromatic rings. The average Bonchev–Trinajstić information content (AvgIpc) is 3.28. The van der Waals surface area contributed by atoms with E-state index in [1.165, 1.54) is 22.5 Å². The van der Waals surface area contributed by atoms with Gasteiger partial charge in [-0.25, -0.2) is 0 Å². The lowest BCUT2D eigenvalue weighted by Crippen LogP contribution is -2.40. The second kappa shape index (κ2) is 10.2. The number of halogens is 1. The number of hydrogen-bond acceptors (Lipinski definition) is 5. The van der Waals surface area contributed by atoms with E-state index in [-0.39, 0.29) is 18.2 Å². The molecule has 1 saturated heterocycles. The molecule has 2 atom stereocenters. The van der Waals surface area contributed by atoms with Gasteiger partial charge in [-0.3, -0.25) is 14.4 Å². The Labute approximate surface area is 202 Å². The summed E-state index contributed by atoms with van der Waals surface area (Å²) < 4.78 is 0.526. The minimum absolute atomic E-state index is 0.00264. The van der Waals surface area contributed by atoms with E-state index in [0.29, 0.717) is 28.6 Å². The van der Waals surface area contributed by atoms with E-state index in [1.807, 2.05) is 6.07 Å². The van der Waals surface area contributed by atoms with Crippen LogP contribution in [0.2, 0.25) is 4.34 Å². The molecule has 2 N–H and O–H groups in total. The number of carbonyl (C=O) groups is 3. The average molecular weight is 490 g/mol. The zero-order valence-electron chi connectivity index (χ0n) is 18.6. The van der Waals surface area contributed by atoms with Crippen molar-refractivity contribution in [3.8, 4) is 0 Å². The van der Waals surface area contributed by atoms with Gasteiger partial charge in [0.25, 0.3) is 5.91 Å². The number of likely N-dealkylation sites (N-methyl/N-ethyl adjacent to an activating group) is 1. The van der Waals surface area contributed by atoms with E-state index in [9.17, 15) is 14.4 Å². The quantitative estimate of drug-likeness (QED) is 0.621. The van der Waals surface area contributed by atoms with Gasteiger partial charge in [0.15, 0.2) is 0 Å². The number of anilines is 1.